The molecule has 1 saturated heterocycles. The number of amides is 1. The van der Waals surface area contributed by atoms with Gasteiger partial charge in [-0.1, -0.05) is 67.6 Å². The molecule has 6 heteroatoms. The van der Waals surface area contributed by atoms with Crippen molar-refractivity contribution in [1.82, 2.24) is 4.90 Å². The zero-order valence-corrected chi connectivity index (χ0v) is 20.8. The zero-order chi connectivity index (χ0) is 25.5. The number of ether oxygens (including phenoxy) is 2. The van der Waals surface area contributed by atoms with E-state index in [0.717, 1.165) is 29.8 Å². The highest BCUT2D eigenvalue weighted by atomic mass is 16.7. The third-order valence-electron chi connectivity index (χ3n) is 6.51. The van der Waals surface area contributed by atoms with Gasteiger partial charge in [0.15, 0.2) is 6.29 Å². The Balaban J connectivity index is 1.58. The Morgan fingerprint density at radius 3 is 2.47 bits per heavy atom. The molecule has 1 heterocycles. The third kappa shape index (κ3) is 6.28. The maximum Gasteiger partial charge on any atom is 0.255 e. The summed E-state index contributed by atoms with van der Waals surface area (Å²) in [5, 5.41) is 12.4. The molecule has 1 amide bonds. The van der Waals surface area contributed by atoms with Gasteiger partial charge in [0.2, 0.25) is 0 Å². The molecule has 1 aliphatic rings. The van der Waals surface area contributed by atoms with Gasteiger partial charge >= 0.3 is 0 Å². The summed E-state index contributed by atoms with van der Waals surface area (Å²) >= 11 is 0. The molecule has 0 spiro atoms. The summed E-state index contributed by atoms with van der Waals surface area (Å²) in [6.07, 6.45) is 1.00. The van der Waals surface area contributed by atoms with Crippen molar-refractivity contribution in [3.8, 4) is 0 Å². The number of rotatable bonds is 9. The van der Waals surface area contributed by atoms with E-state index in [1.165, 1.54) is 0 Å². The predicted octanol–water partition coefficient (Wildman–Crippen LogP) is 5.34. The van der Waals surface area contributed by atoms with Crippen LogP contribution < -0.4 is 5.32 Å². The second-order valence-corrected chi connectivity index (χ2v) is 9.28. The van der Waals surface area contributed by atoms with Crippen LogP contribution in [0.1, 0.15) is 46.4 Å². The van der Waals surface area contributed by atoms with E-state index in [9.17, 15) is 9.90 Å². The van der Waals surface area contributed by atoms with E-state index in [1.54, 1.807) is 12.1 Å². The standard InChI is InChI=1S/C30H34N2O4/c1-4-17-32(3)19-27-21(2)28(23-15-13-22(20-33)14-16-23)36-30(35-27)25-11-8-12-26(18-25)31-29(34)24-9-6-5-7-10-24/h4-16,18,21,27-28,30,33H,1,17,19-20H2,2-3H3,(H,31,34)/t21-,27+,28+,30+/m1/s1. The van der Waals surface area contributed by atoms with Gasteiger partial charge in [-0.3, -0.25) is 4.79 Å². The van der Waals surface area contributed by atoms with Gasteiger partial charge in [-0.2, -0.15) is 0 Å². The highest BCUT2D eigenvalue weighted by Crippen LogP contribution is 2.42. The smallest absolute Gasteiger partial charge is 0.255 e. The van der Waals surface area contributed by atoms with Crippen molar-refractivity contribution >= 4 is 11.6 Å². The van der Waals surface area contributed by atoms with Crippen LogP contribution in [0.15, 0.2) is 91.5 Å². The average molecular weight is 487 g/mol. The molecule has 6 nitrogen and oxygen atoms in total. The first-order chi connectivity index (χ1) is 17.5. The van der Waals surface area contributed by atoms with E-state index < -0.39 is 6.29 Å². The average Bonchev–Trinajstić information content (AvgIpc) is 2.90. The summed E-state index contributed by atoms with van der Waals surface area (Å²) in [4.78, 5) is 14.8. The fraction of sp³-hybridized carbons (Fsp3) is 0.300. The van der Waals surface area contributed by atoms with Gasteiger partial charge < -0.3 is 24.8 Å². The van der Waals surface area contributed by atoms with Crippen LogP contribution in [0.5, 0.6) is 0 Å². The number of carbonyl (C=O) groups is 1. The molecule has 4 atom stereocenters. The first-order valence-electron chi connectivity index (χ1n) is 12.2. The van der Waals surface area contributed by atoms with Crippen molar-refractivity contribution in [3.05, 3.63) is 114 Å². The summed E-state index contributed by atoms with van der Waals surface area (Å²) in [5.41, 5.74) is 4.01. The minimum Gasteiger partial charge on any atom is -0.392 e. The van der Waals surface area contributed by atoms with Crippen molar-refractivity contribution in [2.45, 2.75) is 32.0 Å². The molecular formula is C30H34N2O4. The number of hydrogen-bond donors (Lipinski definition) is 2. The molecule has 36 heavy (non-hydrogen) atoms. The Morgan fingerprint density at radius 1 is 1.03 bits per heavy atom. The van der Waals surface area contributed by atoms with Crippen molar-refractivity contribution in [2.24, 2.45) is 5.92 Å². The second kappa shape index (κ2) is 12.1. The number of nitrogens with one attached hydrogen (secondary N) is 1. The normalized spacial score (nSPS) is 21.8. The molecule has 0 aromatic heterocycles. The third-order valence-corrected chi connectivity index (χ3v) is 6.51. The fourth-order valence-corrected chi connectivity index (χ4v) is 4.49. The van der Waals surface area contributed by atoms with Crippen molar-refractivity contribution in [1.29, 1.82) is 0 Å². The van der Waals surface area contributed by atoms with Gasteiger partial charge in [-0.25, -0.2) is 0 Å². The topological polar surface area (TPSA) is 71.0 Å². The summed E-state index contributed by atoms with van der Waals surface area (Å²) in [7, 11) is 2.05. The predicted molar refractivity (Wildman–Crippen MR) is 141 cm³/mol. The van der Waals surface area contributed by atoms with Crippen LogP contribution >= 0.6 is 0 Å². The first-order valence-corrected chi connectivity index (χ1v) is 12.2. The first kappa shape index (κ1) is 25.8. The molecule has 2 N–H and O–H groups in total. The highest BCUT2D eigenvalue weighted by Gasteiger charge is 2.38. The van der Waals surface area contributed by atoms with Crippen molar-refractivity contribution < 1.29 is 19.4 Å². The fourth-order valence-electron chi connectivity index (χ4n) is 4.49. The van der Waals surface area contributed by atoms with Crippen LogP contribution in [0, 0.1) is 5.92 Å². The molecular weight excluding hydrogens is 452 g/mol. The van der Waals surface area contributed by atoms with E-state index >= 15 is 0 Å². The number of carbonyl (C=O) groups excluding carboxylic acids is 1. The summed E-state index contributed by atoms with van der Waals surface area (Å²) in [6, 6.07) is 24.6. The summed E-state index contributed by atoms with van der Waals surface area (Å²) in [6.45, 7) is 7.48. The molecule has 0 saturated carbocycles. The lowest BCUT2D eigenvalue weighted by atomic mass is 9.90. The molecule has 4 rings (SSSR count). The molecule has 1 fully saturated rings. The lowest BCUT2D eigenvalue weighted by molar-refractivity contribution is -0.275. The van der Waals surface area contributed by atoms with E-state index in [4.69, 9.17) is 9.47 Å². The van der Waals surface area contributed by atoms with Crippen LogP contribution in [0.3, 0.4) is 0 Å². The van der Waals surface area contributed by atoms with Gasteiger partial charge in [-0.05, 0) is 42.4 Å². The number of likely N-dealkylation sites (N-methyl/N-ethyl adjacent to an activating group) is 1. The Morgan fingerprint density at radius 2 is 1.78 bits per heavy atom. The maximum atomic E-state index is 12.7. The molecule has 0 aliphatic carbocycles. The van der Waals surface area contributed by atoms with E-state index in [0.29, 0.717) is 11.3 Å². The quantitative estimate of drug-likeness (QED) is 0.400. The lowest BCUT2D eigenvalue weighted by Gasteiger charge is -2.42. The molecule has 0 radical (unpaired) electrons. The second-order valence-electron chi connectivity index (χ2n) is 9.28. The number of aliphatic hydroxyl groups is 1. The van der Waals surface area contributed by atoms with Crippen molar-refractivity contribution in [2.75, 3.05) is 25.5 Å². The molecule has 0 unspecified atom stereocenters. The Kier molecular flexibility index (Phi) is 8.67. The minimum atomic E-state index is -0.598. The number of aliphatic hydroxyl groups excluding tert-OH is 1. The summed E-state index contributed by atoms with van der Waals surface area (Å²) < 4.78 is 13.0. The zero-order valence-electron chi connectivity index (χ0n) is 20.8. The van der Waals surface area contributed by atoms with Gasteiger partial charge in [-0.15, -0.1) is 6.58 Å². The number of anilines is 1. The molecule has 188 valence electrons. The molecule has 3 aromatic carbocycles. The Labute approximate surface area is 213 Å². The Hall–Kier alpha value is -3.29. The van der Waals surface area contributed by atoms with Gasteiger partial charge in [0.25, 0.3) is 5.91 Å². The molecule has 0 bridgehead atoms. The molecule has 3 aromatic rings. The van der Waals surface area contributed by atoms with Gasteiger partial charge in [0.1, 0.15) is 0 Å². The van der Waals surface area contributed by atoms with E-state index in [-0.39, 0.29) is 30.6 Å². The SMILES string of the molecule is C=CCN(C)C[C@@H]1O[C@H](c2cccc(NC(=O)c3ccccc3)c2)O[C@H](c2ccc(CO)cc2)[C@@H]1C. The van der Waals surface area contributed by atoms with E-state index in [1.807, 2.05) is 79.9 Å². The van der Waals surface area contributed by atoms with Gasteiger partial charge in [0, 0.05) is 35.8 Å². The van der Waals surface area contributed by atoms with Crippen LogP contribution in [-0.4, -0.2) is 42.2 Å². The number of nitrogens with zero attached hydrogens (tertiary/aromatic N) is 1. The Bertz CT molecular complexity index is 1150. The van der Waals surface area contributed by atoms with E-state index in [2.05, 4.69) is 23.7 Å². The lowest BCUT2D eigenvalue weighted by Crippen LogP contribution is -2.43. The van der Waals surface area contributed by atoms with Crippen LogP contribution in [0.2, 0.25) is 0 Å². The highest BCUT2D eigenvalue weighted by molar-refractivity contribution is 6.04. The largest absolute Gasteiger partial charge is 0.392 e. The van der Waals surface area contributed by atoms with Crippen LogP contribution in [0.4, 0.5) is 5.69 Å². The van der Waals surface area contributed by atoms with Crippen LogP contribution in [0.25, 0.3) is 0 Å². The van der Waals surface area contributed by atoms with Gasteiger partial charge in [0.05, 0.1) is 18.8 Å². The number of hydrogen-bond acceptors (Lipinski definition) is 5. The summed E-state index contributed by atoms with van der Waals surface area (Å²) in [5.74, 6) is -0.0768. The van der Waals surface area contributed by atoms with Crippen LogP contribution in [-0.2, 0) is 16.1 Å². The minimum absolute atomic E-state index is 0.00353. The monoisotopic (exact) mass is 486 g/mol. The maximum absolute atomic E-state index is 12.7. The number of benzene rings is 3. The van der Waals surface area contributed by atoms with Crippen molar-refractivity contribution in [3.63, 3.8) is 0 Å². The molecule has 1 aliphatic heterocycles.